The Kier molecular flexibility index (Phi) is 6.05. The van der Waals surface area contributed by atoms with Gasteiger partial charge in [0.05, 0.1) is 12.6 Å². The van der Waals surface area contributed by atoms with Gasteiger partial charge in [0.25, 0.3) is 0 Å². The van der Waals surface area contributed by atoms with Crippen LogP contribution in [-0.2, 0) is 0 Å². The molecule has 4 nitrogen and oxygen atoms in total. The van der Waals surface area contributed by atoms with Crippen LogP contribution in [-0.4, -0.2) is 42.9 Å². The van der Waals surface area contributed by atoms with Crippen molar-refractivity contribution in [1.82, 2.24) is 4.90 Å². The van der Waals surface area contributed by atoms with E-state index in [9.17, 15) is 9.50 Å². The van der Waals surface area contributed by atoms with Crippen LogP contribution >= 0.6 is 15.9 Å². The van der Waals surface area contributed by atoms with Gasteiger partial charge in [-0.25, -0.2) is 4.39 Å². The zero-order chi connectivity index (χ0) is 13.5. The number of rotatable bonds is 6. The van der Waals surface area contributed by atoms with Crippen molar-refractivity contribution in [2.75, 3.05) is 26.7 Å². The Morgan fingerprint density at radius 3 is 2.89 bits per heavy atom. The molecule has 6 heteroatoms. The molecule has 1 N–H and O–H groups in total. The molecule has 0 amide bonds. The minimum atomic E-state index is -0.731. The highest BCUT2D eigenvalue weighted by Crippen LogP contribution is 2.20. The lowest BCUT2D eigenvalue weighted by Crippen LogP contribution is -2.33. The lowest BCUT2D eigenvalue weighted by molar-refractivity contribution is 0.0797. The molecule has 18 heavy (non-hydrogen) atoms. The van der Waals surface area contributed by atoms with Crippen molar-refractivity contribution >= 4 is 15.9 Å². The molecule has 0 saturated carbocycles. The molecule has 98 valence electrons. The molecule has 0 aliphatic carbocycles. The van der Waals surface area contributed by atoms with Crippen LogP contribution in [0.5, 0.6) is 5.75 Å². The van der Waals surface area contributed by atoms with Gasteiger partial charge >= 0.3 is 0 Å². The average molecular weight is 317 g/mol. The lowest BCUT2D eigenvalue weighted by atomic mass is 10.3. The maximum absolute atomic E-state index is 13.0. The van der Waals surface area contributed by atoms with Crippen molar-refractivity contribution in [3.8, 4) is 11.8 Å². The number of hydrogen-bond acceptors (Lipinski definition) is 4. The van der Waals surface area contributed by atoms with Crippen LogP contribution in [0.15, 0.2) is 22.7 Å². The van der Waals surface area contributed by atoms with E-state index in [0.29, 0.717) is 16.8 Å². The van der Waals surface area contributed by atoms with E-state index in [-0.39, 0.29) is 13.2 Å². The third kappa shape index (κ3) is 5.45. The predicted octanol–water partition coefficient (Wildman–Crippen LogP) is 1.78. The minimum Gasteiger partial charge on any atom is -0.491 e. The first-order valence-electron chi connectivity index (χ1n) is 5.33. The maximum atomic E-state index is 13.0. The summed E-state index contributed by atoms with van der Waals surface area (Å²) >= 11 is 3.15. The van der Waals surface area contributed by atoms with Crippen molar-refractivity contribution in [2.24, 2.45) is 0 Å². The van der Waals surface area contributed by atoms with Crippen LogP contribution in [0.25, 0.3) is 0 Å². The van der Waals surface area contributed by atoms with Crippen molar-refractivity contribution in [1.29, 1.82) is 5.26 Å². The normalized spacial score (nSPS) is 12.2. The first-order valence-corrected chi connectivity index (χ1v) is 6.13. The second-order valence-electron chi connectivity index (χ2n) is 3.92. The lowest BCUT2D eigenvalue weighted by Gasteiger charge is -2.18. The number of halogens is 2. The highest BCUT2D eigenvalue weighted by atomic mass is 79.9. The van der Waals surface area contributed by atoms with Crippen LogP contribution in [0.3, 0.4) is 0 Å². The highest BCUT2D eigenvalue weighted by molar-refractivity contribution is 9.10. The van der Waals surface area contributed by atoms with Crippen molar-refractivity contribution in [2.45, 2.75) is 6.10 Å². The Morgan fingerprint density at radius 1 is 1.56 bits per heavy atom. The van der Waals surface area contributed by atoms with Gasteiger partial charge in [0.1, 0.15) is 24.3 Å². The average Bonchev–Trinajstić information content (AvgIpc) is 2.25. The molecule has 0 heterocycles. The van der Waals surface area contributed by atoms with E-state index in [1.807, 2.05) is 6.07 Å². The third-order valence-electron chi connectivity index (χ3n) is 2.14. The Bertz CT molecular complexity index is 416. The van der Waals surface area contributed by atoms with Crippen LogP contribution in [0.2, 0.25) is 0 Å². The van der Waals surface area contributed by atoms with Gasteiger partial charge in [0.15, 0.2) is 0 Å². The van der Waals surface area contributed by atoms with E-state index in [0.717, 1.165) is 0 Å². The second kappa shape index (κ2) is 7.31. The van der Waals surface area contributed by atoms with Gasteiger partial charge in [0.2, 0.25) is 0 Å². The number of ether oxygens (including phenoxy) is 1. The number of nitriles is 1. The van der Waals surface area contributed by atoms with E-state index in [2.05, 4.69) is 15.9 Å². The fraction of sp³-hybridized carbons (Fsp3) is 0.417. The maximum Gasteiger partial charge on any atom is 0.128 e. The summed E-state index contributed by atoms with van der Waals surface area (Å²) in [6, 6.07) is 6.17. The monoisotopic (exact) mass is 316 g/mol. The molecular formula is C12H14BrFN2O2. The number of likely N-dealkylation sites (N-methyl/N-ethyl adjacent to an activating group) is 1. The smallest absolute Gasteiger partial charge is 0.128 e. The highest BCUT2D eigenvalue weighted by Gasteiger charge is 2.09. The topological polar surface area (TPSA) is 56.5 Å². The zero-order valence-corrected chi connectivity index (χ0v) is 11.5. The standard InChI is InChI=1S/C12H14BrFN2O2/c1-16(3-2-15)7-11(17)8-18-12-5-9(13)4-10(14)6-12/h4-6,11,17H,3,7-8H2,1H3. The number of aliphatic hydroxyl groups excluding tert-OH is 1. The van der Waals surface area contributed by atoms with Crippen molar-refractivity contribution < 1.29 is 14.2 Å². The van der Waals surface area contributed by atoms with Crippen LogP contribution < -0.4 is 4.74 Å². The number of benzene rings is 1. The molecule has 0 bridgehead atoms. The van der Waals surface area contributed by atoms with Gasteiger partial charge in [-0.1, -0.05) is 15.9 Å². The summed E-state index contributed by atoms with van der Waals surface area (Å²) in [5, 5.41) is 18.1. The molecule has 1 aromatic rings. The number of nitrogens with zero attached hydrogens (tertiary/aromatic N) is 2. The number of hydrogen-bond donors (Lipinski definition) is 1. The summed E-state index contributed by atoms with van der Waals surface area (Å²) in [7, 11) is 1.73. The predicted molar refractivity (Wildman–Crippen MR) is 68.7 cm³/mol. The molecular weight excluding hydrogens is 303 g/mol. The van der Waals surface area contributed by atoms with Crippen LogP contribution in [0, 0.1) is 17.1 Å². The van der Waals surface area contributed by atoms with Crippen molar-refractivity contribution in [3.63, 3.8) is 0 Å². The van der Waals surface area contributed by atoms with Crippen LogP contribution in [0.1, 0.15) is 0 Å². The largest absolute Gasteiger partial charge is 0.491 e. The fourth-order valence-electron chi connectivity index (χ4n) is 1.40. The Morgan fingerprint density at radius 2 is 2.28 bits per heavy atom. The molecule has 0 aliphatic rings. The van der Waals surface area contributed by atoms with Crippen LogP contribution in [0.4, 0.5) is 4.39 Å². The molecule has 1 unspecified atom stereocenters. The third-order valence-corrected chi connectivity index (χ3v) is 2.60. The summed E-state index contributed by atoms with van der Waals surface area (Å²) in [4.78, 5) is 1.68. The minimum absolute atomic E-state index is 0.0473. The molecule has 1 rings (SSSR count). The van der Waals surface area contributed by atoms with E-state index in [1.54, 1.807) is 18.0 Å². The second-order valence-corrected chi connectivity index (χ2v) is 4.84. The summed E-state index contributed by atoms with van der Waals surface area (Å²) in [6.45, 7) is 0.609. The Hall–Kier alpha value is -1.16. The molecule has 0 aromatic heterocycles. The molecule has 1 atom stereocenters. The van der Waals surface area contributed by atoms with Crippen molar-refractivity contribution in [3.05, 3.63) is 28.5 Å². The summed E-state index contributed by atoms with van der Waals surface area (Å²) in [6.07, 6.45) is -0.731. The summed E-state index contributed by atoms with van der Waals surface area (Å²) < 4.78 is 18.9. The van der Waals surface area contributed by atoms with Gasteiger partial charge in [-0.15, -0.1) is 0 Å². The van der Waals surface area contributed by atoms with Gasteiger partial charge in [-0.3, -0.25) is 4.90 Å². The van der Waals surface area contributed by atoms with E-state index < -0.39 is 11.9 Å². The first kappa shape index (κ1) is 14.9. The molecule has 1 aromatic carbocycles. The van der Waals surface area contributed by atoms with Gasteiger partial charge in [-0.05, 0) is 19.2 Å². The fourth-order valence-corrected chi connectivity index (χ4v) is 1.85. The summed E-state index contributed by atoms with van der Waals surface area (Å²) in [5.41, 5.74) is 0. The van der Waals surface area contributed by atoms with E-state index in [4.69, 9.17) is 10.00 Å². The molecule has 0 spiro atoms. The Labute approximate surface area is 114 Å². The molecule has 0 radical (unpaired) electrons. The quantitative estimate of drug-likeness (QED) is 0.813. The first-order chi connectivity index (χ1) is 8.51. The SMILES string of the molecule is CN(CC#N)CC(O)COc1cc(F)cc(Br)c1. The molecule has 0 aliphatic heterocycles. The molecule has 0 saturated heterocycles. The molecule has 0 fully saturated rings. The van der Waals surface area contributed by atoms with E-state index in [1.165, 1.54) is 12.1 Å². The summed E-state index contributed by atoms with van der Waals surface area (Å²) in [5.74, 6) is -0.0562. The zero-order valence-electron chi connectivity index (χ0n) is 9.94. The van der Waals surface area contributed by atoms with Gasteiger partial charge < -0.3 is 9.84 Å². The number of aliphatic hydroxyl groups is 1. The van der Waals surface area contributed by atoms with E-state index >= 15 is 0 Å². The Balaban J connectivity index is 2.42. The van der Waals surface area contributed by atoms with Gasteiger partial charge in [0, 0.05) is 17.1 Å². The van der Waals surface area contributed by atoms with Gasteiger partial charge in [-0.2, -0.15) is 5.26 Å².